The van der Waals surface area contributed by atoms with Crippen LogP contribution in [0.3, 0.4) is 0 Å². The molecule has 3 aliphatic heterocycles. The van der Waals surface area contributed by atoms with Crippen molar-refractivity contribution in [2.75, 3.05) is 46.3 Å². The standard InChI is InChI=1S/C39H42N6O8/c1-41(2)34-17-27-28(18-40-34)36(47)42(3)20-29(27)24-15-32(52-4)30(33(16-24)53-5)21-43-12-10-22(11-13-43)23-6-7-26-25(14-23)19-44(37(26)48)31-8-9-35(46)45(38(31)49)39(50)51/h6-7,14-18,20,22,31H,8-13,19,21H2,1-5H3,(H,50,51). The van der Waals surface area contributed by atoms with E-state index in [-0.39, 0.29) is 41.7 Å². The molecule has 5 heterocycles. The number of carbonyl (C=O) groups is 4. The van der Waals surface area contributed by atoms with E-state index in [1.165, 1.54) is 4.90 Å². The fraction of sp³-hybridized carbons (Fsp3) is 0.385. The Morgan fingerprint density at radius 2 is 1.64 bits per heavy atom. The molecule has 4 aromatic rings. The number of aromatic nitrogens is 2. The topological polar surface area (TPSA) is 155 Å². The Labute approximate surface area is 306 Å². The van der Waals surface area contributed by atoms with Crippen LogP contribution in [0.2, 0.25) is 0 Å². The van der Waals surface area contributed by atoms with Gasteiger partial charge in [-0.15, -0.1) is 0 Å². The number of carbonyl (C=O) groups excluding carboxylic acids is 3. The minimum Gasteiger partial charge on any atom is -0.496 e. The van der Waals surface area contributed by atoms with E-state index in [0.717, 1.165) is 65.0 Å². The zero-order chi connectivity index (χ0) is 37.7. The number of piperidine rings is 2. The number of amides is 4. The van der Waals surface area contributed by atoms with Crippen molar-refractivity contribution in [3.8, 4) is 22.6 Å². The molecular weight excluding hydrogens is 680 g/mol. The molecule has 1 N–H and O–H groups in total. The van der Waals surface area contributed by atoms with Gasteiger partial charge in [-0.1, -0.05) is 12.1 Å². The van der Waals surface area contributed by atoms with Gasteiger partial charge >= 0.3 is 6.09 Å². The summed E-state index contributed by atoms with van der Waals surface area (Å²) in [6.07, 6.45) is 3.61. The quantitative estimate of drug-likeness (QED) is 0.260. The number of pyridine rings is 2. The maximum atomic E-state index is 13.3. The zero-order valence-corrected chi connectivity index (χ0v) is 30.4. The summed E-state index contributed by atoms with van der Waals surface area (Å²) in [7, 11) is 8.84. The van der Waals surface area contributed by atoms with E-state index in [9.17, 15) is 29.1 Å². The van der Waals surface area contributed by atoms with Gasteiger partial charge in [0.2, 0.25) is 5.91 Å². The molecule has 3 aliphatic rings. The summed E-state index contributed by atoms with van der Waals surface area (Å²) in [5, 5.41) is 10.7. The highest BCUT2D eigenvalue weighted by Gasteiger charge is 2.45. The third kappa shape index (κ3) is 6.37. The lowest BCUT2D eigenvalue weighted by molar-refractivity contribution is -0.149. The number of rotatable bonds is 8. The predicted molar refractivity (Wildman–Crippen MR) is 196 cm³/mol. The molecule has 2 aromatic heterocycles. The lowest BCUT2D eigenvalue weighted by Crippen LogP contribution is -2.56. The van der Waals surface area contributed by atoms with Crippen molar-refractivity contribution in [1.82, 2.24) is 24.3 Å². The van der Waals surface area contributed by atoms with Gasteiger partial charge < -0.3 is 28.9 Å². The number of fused-ring (bicyclic) bond motifs is 2. The number of carboxylic acid groups (broad SMARTS) is 1. The molecule has 0 bridgehead atoms. The van der Waals surface area contributed by atoms with E-state index >= 15 is 0 Å². The average Bonchev–Trinajstić information content (AvgIpc) is 3.47. The van der Waals surface area contributed by atoms with Gasteiger partial charge in [-0.05, 0) is 79.2 Å². The lowest BCUT2D eigenvalue weighted by atomic mass is 9.87. The predicted octanol–water partition coefficient (Wildman–Crippen LogP) is 4.21. The van der Waals surface area contributed by atoms with Gasteiger partial charge in [0.25, 0.3) is 17.4 Å². The summed E-state index contributed by atoms with van der Waals surface area (Å²) in [4.78, 5) is 73.2. The van der Waals surface area contributed by atoms with Gasteiger partial charge in [-0.2, -0.15) is 4.90 Å². The first kappa shape index (κ1) is 35.6. The van der Waals surface area contributed by atoms with Crippen LogP contribution in [0.25, 0.3) is 21.9 Å². The number of nitrogens with zero attached hydrogens (tertiary/aromatic N) is 6. The first-order chi connectivity index (χ1) is 25.4. The van der Waals surface area contributed by atoms with Gasteiger partial charge in [0.05, 0.1) is 25.2 Å². The summed E-state index contributed by atoms with van der Waals surface area (Å²) >= 11 is 0. The summed E-state index contributed by atoms with van der Waals surface area (Å²) in [5.74, 6) is 0.413. The number of methoxy groups -OCH3 is 2. The second kappa shape index (κ2) is 14.0. The molecule has 53 heavy (non-hydrogen) atoms. The zero-order valence-electron chi connectivity index (χ0n) is 30.4. The molecule has 2 aromatic carbocycles. The molecule has 14 nitrogen and oxygen atoms in total. The first-order valence-electron chi connectivity index (χ1n) is 17.6. The Bertz CT molecular complexity index is 2200. The molecule has 14 heteroatoms. The van der Waals surface area contributed by atoms with Crippen molar-refractivity contribution in [2.24, 2.45) is 7.05 Å². The Balaban J connectivity index is 1.07. The largest absolute Gasteiger partial charge is 0.496 e. The smallest absolute Gasteiger partial charge is 0.421 e. The maximum Gasteiger partial charge on any atom is 0.421 e. The van der Waals surface area contributed by atoms with E-state index in [1.807, 2.05) is 55.5 Å². The molecule has 0 spiro atoms. The number of ether oxygens (including phenoxy) is 2. The van der Waals surface area contributed by atoms with Gasteiger partial charge in [-0.25, -0.2) is 9.78 Å². The molecule has 276 valence electrons. The third-order valence-electron chi connectivity index (χ3n) is 10.8. The monoisotopic (exact) mass is 722 g/mol. The molecular formula is C39H42N6O8. The Morgan fingerprint density at radius 1 is 0.943 bits per heavy atom. The number of hydrogen-bond donors (Lipinski definition) is 1. The van der Waals surface area contributed by atoms with Crippen LogP contribution in [0, 0.1) is 0 Å². The summed E-state index contributed by atoms with van der Waals surface area (Å²) in [6.45, 7) is 2.45. The molecule has 1 unspecified atom stereocenters. The highest BCUT2D eigenvalue weighted by molar-refractivity contribution is 6.13. The van der Waals surface area contributed by atoms with Gasteiger partial charge in [-0.3, -0.25) is 24.1 Å². The number of benzene rings is 2. The molecule has 0 radical (unpaired) electrons. The van der Waals surface area contributed by atoms with Crippen molar-refractivity contribution in [1.29, 1.82) is 0 Å². The number of imide groups is 3. The average molecular weight is 723 g/mol. The second-order valence-electron chi connectivity index (χ2n) is 14.1. The minimum absolute atomic E-state index is 0.101. The highest BCUT2D eigenvalue weighted by Crippen LogP contribution is 2.40. The maximum absolute atomic E-state index is 13.3. The number of hydrogen-bond acceptors (Lipinski definition) is 10. The van der Waals surface area contributed by atoms with E-state index < -0.39 is 23.9 Å². The highest BCUT2D eigenvalue weighted by atomic mass is 16.5. The van der Waals surface area contributed by atoms with Crippen LogP contribution >= 0.6 is 0 Å². The third-order valence-corrected chi connectivity index (χ3v) is 10.8. The first-order valence-corrected chi connectivity index (χ1v) is 17.6. The van der Waals surface area contributed by atoms with Crippen LogP contribution in [0.4, 0.5) is 10.6 Å². The fourth-order valence-electron chi connectivity index (χ4n) is 7.89. The van der Waals surface area contributed by atoms with Crippen LogP contribution in [-0.4, -0.2) is 101 Å². The second-order valence-corrected chi connectivity index (χ2v) is 14.1. The summed E-state index contributed by atoms with van der Waals surface area (Å²) < 4.78 is 13.5. The van der Waals surface area contributed by atoms with E-state index in [1.54, 1.807) is 38.1 Å². The number of likely N-dealkylation sites (tertiary alicyclic amines) is 2. The van der Waals surface area contributed by atoms with Crippen molar-refractivity contribution in [2.45, 2.75) is 50.7 Å². The van der Waals surface area contributed by atoms with E-state index in [2.05, 4.69) is 9.88 Å². The van der Waals surface area contributed by atoms with Crippen molar-refractivity contribution in [3.05, 3.63) is 81.4 Å². The Hall–Kier alpha value is -5.76. The molecule has 4 amide bonds. The summed E-state index contributed by atoms with van der Waals surface area (Å²) in [5.41, 5.74) is 4.94. The van der Waals surface area contributed by atoms with E-state index in [4.69, 9.17) is 9.47 Å². The van der Waals surface area contributed by atoms with Gasteiger partial charge in [0.1, 0.15) is 23.4 Å². The number of aryl methyl sites for hydroxylation is 1. The minimum atomic E-state index is -1.62. The van der Waals surface area contributed by atoms with Crippen molar-refractivity contribution >= 4 is 40.4 Å². The molecule has 0 saturated carbocycles. The van der Waals surface area contributed by atoms with E-state index in [0.29, 0.717) is 29.0 Å². The fourth-order valence-corrected chi connectivity index (χ4v) is 7.89. The Morgan fingerprint density at radius 3 is 2.28 bits per heavy atom. The Kier molecular flexibility index (Phi) is 9.41. The van der Waals surface area contributed by atoms with Crippen LogP contribution in [0.15, 0.2) is 53.6 Å². The van der Waals surface area contributed by atoms with Crippen LogP contribution in [0.1, 0.15) is 58.6 Å². The number of anilines is 1. The van der Waals surface area contributed by atoms with Crippen molar-refractivity contribution in [3.63, 3.8) is 0 Å². The van der Waals surface area contributed by atoms with Crippen molar-refractivity contribution < 1.29 is 33.8 Å². The molecule has 0 aliphatic carbocycles. The van der Waals surface area contributed by atoms with Crippen LogP contribution in [0.5, 0.6) is 11.5 Å². The van der Waals surface area contributed by atoms with Crippen LogP contribution in [-0.2, 0) is 29.7 Å². The summed E-state index contributed by atoms with van der Waals surface area (Å²) in [6, 6.07) is 10.7. The lowest BCUT2D eigenvalue weighted by Gasteiger charge is -2.33. The SMILES string of the molecule is COc1cc(-c2cn(C)c(=O)c3cnc(N(C)C)cc23)cc(OC)c1CN1CCC(c2ccc3c(c2)CN(C2CCC(=O)N(C(=O)O)C2=O)C3=O)CC1. The van der Waals surface area contributed by atoms with Crippen LogP contribution < -0.4 is 19.9 Å². The van der Waals surface area contributed by atoms with Gasteiger partial charge in [0, 0.05) is 69.6 Å². The normalized spacial score (nSPS) is 18.1. The molecule has 7 rings (SSSR count). The molecule has 1 atom stereocenters. The molecule has 2 fully saturated rings. The van der Waals surface area contributed by atoms with Gasteiger partial charge in [0.15, 0.2) is 0 Å². The molecule has 2 saturated heterocycles.